The van der Waals surface area contributed by atoms with Crippen molar-refractivity contribution in [1.82, 2.24) is 20.2 Å². The van der Waals surface area contributed by atoms with Crippen molar-refractivity contribution in [3.63, 3.8) is 0 Å². The van der Waals surface area contributed by atoms with Crippen molar-refractivity contribution in [1.29, 1.82) is 0 Å². The monoisotopic (exact) mass is 362 g/mol. The van der Waals surface area contributed by atoms with Crippen LogP contribution < -0.4 is 16.2 Å². The number of carbonyl (C=O) groups excluding carboxylic acids is 2. The largest absolute Gasteiger partial charge is 0.335 e. The van der Waals surface area contributed by atoms with E-state index in [0.29, 0.717) is 5.39 Å². The minimum atomic E-state index is -0.455. The van der Waals surface area contributed by atoms with Crippen molar-refractivity contribution in [2.45, 2.75) is 58.0 Å². The van der Waals surface area contributed by atoms with E-state index < -0.39 is 11.9 Å². The molecule has 1 fully saturated rings. The first kappa shape index (κ1) is 17.6. The van der Waals surface area contributed by atoms with Crippen molar-refractivity contribution >= 4 is 33.5 Å². The molecule has 0 atom stereocenters. The fraction of sp³-hybridized carbons (Fsp3) is 0.529. The van der Waals surface area contributed by atoms with Gasteiger partial charge in [-0.25, -0.2) is 9.78 Å². The van der Waals surface area contributed by atoms with Crippen molar-refractivity contribution < 1.29 is 9.59 Å². The molecule has 0 spiro atoms. The zero-order valence-electron chi connectivity index (χ0n) is 14.2. The molecule has 134 valence electrons. The van der Waals surface area contributed by atoms with Gasteiger partial charge >= 0.3 is 6.03 Å². The van der Waals surface area contributed by atoms with Crippen LogP contribution in [0.2, 0.25) is 0 Å². The van der Waals surface area contributed by atoms with E-state index in [1.807, 2.05) is 13.0 Å². The number of hydrogen-bond donors (Lipinski definition) is 2. The second-order valence-electron chi connectivity index (χ2n) is 6.28. The van der Waals surface area contributed by atoms with Crippen LogP contribution in [0.4, 0.5) is 4.79 Å². The van der Waals surface area contributed by atoms with Gasteiger partial charge in [-0.05, 0) is 25.3 Å². The van der Waals surface area contributed by atoms with E-state index in [1.165, 1.54) is 22.2 Å². The molecule has 1 saturated carbocycles. The number of carbonyl (C=O) groups is 2. The quantitative estimate of drug-likeness (QED) is 0.852. The van der Waals surface area contributed by atoms with Gasteiger partial charge in [0.1, 0.15) is 4.83 Å². The first-order chi connectivity index (χ1) is 12.1. The normalized spacial score (nSPS) is 14.8. The second-order valence-corrected chi connectivity index (χ2v) is 7.40. The van der Waals surface area contributed by atoms with Crippen LogP contribution in [-0.4, -0.2) is 27.5 Å². The molecule has 0 aliphatic heterocycles. The average Bonchev–Trinajstić information content (AvgIpc) is 3.23. The molecule has 0 radical (unpaired) electrons. The predicted molar refractivity (Wildman–Crippen MR) is 96.8 cm³/mol. The van der Waals surface area contributed by atoms with Crippen LogP contribution >= 0.6 is 11.3 Å². The molecule has 0 saturated heterocycles. The predicted octanol–water partition coefficient (Wildman–Crippen LogP) is 2.18. The van der Waals surface area contributed by atoms with E-state index in [-0.39, 0.29) is 24.6 Å². The van der Waals surface area contributed by atoms with Crippen molar-refractivity contribution in [2.75, 3.05) is 0 Å². The van der Waals surface area contributed by atoms with Gasteiger partial charge in [0.2, 0.25) is 5.91 Å². The smallest absolute Gasteiger partial charge is 0.321 e. The molecule has 8 heteroatoms. The molecular weight excluding hydrogens is 340 g/mol. The number of aromatic nitrogens is 2. The van der Waals surface area contributed by atoms with Crippen LogP contribution in [0, 0.1) is 0 Å². The van der Waals surface area contributed by atoms with Crippen molar-refractivity contribution in [3.05, 3.63) is 27.6 Å². The zero-order valence-corrected chi connectivity index (χ0v) is 15.0. The Morgan fingerprint density at radius 2 is 2.12 bits per heavy atom. The maximum atomic E-state index is 12.4. The molecule has 25 heavy (non-hydrogen) atoms. The number of nitrogens with zero attached hydrogens (tertiary/aromatic N) is 2. The summed E-state index contributed by atoms with van der Waals surface area (Å²) in [5.74, 6) is -0.401. The third-order valence-corrected chi connectivity index (χ3v) is 5.63. The Morgan fingerprint density at radius 1 is 1.36 bits per heavy atom. The van der Waals surface area contributed by atoms with Crippen molar-refractivity contribution in [3.8, 4) is 0 Å². The number of nitrogens with one attached hydrogen (secondary N) is 2. The van der Waals surface area contributed by atoms with Crippen LogP contribution in [0.1, 0.15) is 43.9 Å². The SMILES string of the molecule is CCc1cc2c(=O)n(CCC(=O)NC(=O)NC3CCCC3)cnc2s1. The maximum Gasteiger partial charge on any atom is 0.321 e. The van der Waals surface area contributed by atoms with Gasteiger partial charge in [-0.3, -0.25) is 19.5 Å². The minimum Gasteiger partial charge on any atom is -0.335 e. The van der Waals surface area contributed by atoms with Gasteiger partial charge in [-0.15, -0.1) is 11.3 Å². The first-order valence-corrected chi connectivity index (χ1v) is 9.46. The summed E-state index contributed by atoms with van der Waals surface area (Å²) >= 11 is 1.51. The Morgan fingerprint density at radius 3 is 2.84 bits per heavy atom. The highest BCUT2D eigenvalue weighted by atomic mass is 32.1. The molecule has 0 aromatic carbocycles. The summed E-state index contributed by atoms with van der Waals surface area (Å²) in [6.07, 6.45) is 6.52. The van der Waals surface area contributed by atoms with Crippen molar-refractivity contribution in [2.24, 2.45) is 0 Å². The molecule has 2 aromatic heterocycles. The topological polar surface area (TPSA) is 93.1 Å². The Kier molecular flexibility index (Phi) is 5.47. The summed E-state index contributed by atoms with van der Waals surface area (Å²) in [6.45, 7) is 2.23. The molecule has 2 N–H and O–H groups in total. The number of rotatable bonds is 5. The zero-order chi connectivity index (χ0) is 17.8. The van der Waals surface area contributed by atoms with Crippen LogP contribution in [0.5, 0.6) is 0 Å². The Labute approximate surface area is 149 Å². The molecule has 2 aromatic rings. The maximum absolute atomic E-state index is 12.4. The summed E-state index contributed by atoms with van der Waals surface area (Å²) < 4.78 is 1.42. The van der Waals surface area contributed by atoms with Crippen LogP contribution in [0.3, 0.4) is 0 Å². The Balaban J connectivity index is 1.56. The van der Waals surface area contributed by atoms with E-state index in [0.717, 1.165) is 41.8 Å². The molecule has 0 unspecified atom stereocenters. The molecule has 7 nitrogen and oxygen atoms in total. The first-order valence-electron chi connectivity index (χ1n) is 8.65. The van der Waals surface area contributed by atoms with Gasteiger partial charge in [0, 0.05) is 23.9 Å². The van der Waals surface area contributed by atoms with Gasteiger partial charge in [0.25, 0.3) is 5.56 Å². The fourth-order valence-corrected chi connectivity index (χ4v) is 3.97. The lowest BCUT2D eigenvalue weighted by Gasteiger charge is -2.12. The lowest BCUT2D eigenvalue weighted by Crippen LogP contribution is -2.43. The second kappa shape index (κ2) is 7.77. The highest BCUT2D eigenvalue weighted by molar-refractivity contribution is 7.18. The van der Waals surface area contributed by atoms with E-state index in [2.05, 4.69) is 15.6 Å². The lowest BCUT2D eigenvalue weighted by atomic mass is 10.2. The summed E-state index contributed by atoms with van der Waals surface area (Å²) in [6, 6.07) is 1.57. The number of thiophene rings is 1. The van der Waals surface area contributed by atoms with E-state index >= 15 is 0 Å². The molecular formula is C17H22N4O3S. The van der Waals surface area contributed by atoms with Gasteiger partial charge in [-0.1, -0.05) is 19.8 Å². The summed E-state index contributed by atoms with van der Waals surface area (Å²) in [4.78, 5) is 42.3. The molecule has 1 aliphatic carbocycles. The summed E-state index contributed by atoms with van der Waals surface area (Å²) in [5, 5.41) is 5.71. The number of fused-ring (bicyclic) bond motifs is 1. The summed E-state index contributed by atoms with van der Waals surface area (Å²) in [5.41, 5.74) is -0.149. The molecule has 1 aliphatic rings. The van der Waals surface area contributed by atoms with E-state index in [9.17, 15) is 14.4 Å². The van der Waals surface area contributed by atoms with Gasteiger partial charge in [0.15, 0.2) is 0 Å². The molecule has 2 heterocycles. The standard InChI is InChI=1S/C17H22N4O3S/c1-2-12-9-13-15(25-12)18-10-21(16(13)23)8-7-14(22)20-17(24)19-11-5-3-4-6-11/h9-11H,2-8H2,1H3,(H2,19,20,22,24). The Bertz CT molecular complexity index is 836. The number of hydrogen-bond acceptors (Lipinski definition) is 5. The highest BCUT2D eigenvalue weighted by Crippen LogP contribution is 2.21. The van der Waals surface area contributed by atoms with Crippen LogP contribution in [0.25, 0.3) is 10.2 Å². The number of aryl methyl sites for hydroxylation is 2. The van der Waals surface area contributed by atoms with Crippen LogP contribution in [0.15, 0.2) is 17.2 Å². The average molecular weight is 362 g/mol. The third-order valence-electron chi connectivity index (χ3n) is 4.44. The van der Waals surface area contributed by atoms with E-state index in [1.54, 1.807) is 0 Å². The fourth-order valence-electron chi connectivity index (χ4n) is 3.05. The lowest BCUT2D eigenvalue weighted by molar-refractivity contribution is -0.120. The minimum absolute atomic E-state index is 0.0515. The third kappa shape index (κ3) is 4.25. The molecule has 0 bridgehead atoms. The van der Waals surface area contributed by atoms with Crippen LogP contribution in [-0.2, 0) is 17.8 Å². The Hall–Kier alpha value is -2.22. The van der Waals surface area contributed by atoms with E-state index in [4.69, 9.17) is 0 Å². The number of urea groups is 1. The number of amides is 3. The highest BCUT2D eigenvalue weighted by Gasteiger charge is 2.18. The van der Waals surface area contributed by atoms with Gasteiger partial charge < -0.3 is 5.32 Å². The molecule has 3 rings (SSSR count). The number of imide groups is 1. The molecule has 3 amide bonds. The summed E-state index contributed by atoms with van der Waals surface area (Å²) in [7, 11) is 0. The van der Waals surface area contributed by atoms with Gasteiger partial charge in [-0.2, -0.15) is 0 Å². The van der Waals surface area contributed by atoms with Gasteiger partial charge in [0.05, 0.1) is 11.7 Å².